The summed E-state index contributed by atoms with van der Waals surface area (Å²) in [6, 6.07) is 5.79. The first-order valence-corrected chi connectivity index (χ1v) is 9.34. The molecule has 1 rings (SSSR count). The number of nitro groups is 1. The number of benzene rings is 1. The second-order valence-electron chi connectivity index (χ2n) is 6.49. The Morgan fingerprint density at radius 1 is 0.920 bits per heavy atom. The largest absolute Gasteiger partial charge is 0.299 e. The number of Topliss-reactive ketones (excluding diaryl/α,β-unsaturated/α-hetero) is 2. The first-order chi connectivity index (χ1) is 12.1. The lowest BCUT2D eigenvalue weighted by Crippen LogP contribution is -2.10. The molecule has 0 amide bonds. The van der Waals surface area contributed by atoms with E-state index in [1.54, 1.807) is 6.07 Å². The molecule has 0 radical (unpaired) electrons. The number of nitro benzene ring substituents is 1. The van der Waals surface area contributed by atoms with E-state index in [1.807, 2.05) is 0 Å². The van der Waals surface area contributed by atoms with Gasteiger partial charge in [0.05, 0.1) is 16.9 Å². The van der Waals surface area contributed by atoms with Crippen molar-refractivity contribution in [2.24, 2.45) is 0 Å². The first-order valence-electron chi connectivity index (χ1n) is 9.34. The van der Waals surface area contributed by atoms with Crippen molar-refractivity contribution in [1.29, 1.82) is 0 Å². The number of unbranched alkanes of at least 4 members (excludes halogenated alkanes) is 8. The highest BCUT2D eigenvalue weighted by Gasteiger charge is 2.20. The normalized spacial score (nSPS) is 10.6. The summed E-state index contributed by atoms with van der Waals surface area (Å²) in [7, 11) is 0. The van der Waals surface area contributed by atoms with E-state index in [2.05, 4.69) is 6.92 Å². The van der Waals surface area contributed by atoms with Crippen molar-refractivity contribution in [3.8, 4) is 0 Å². The highest BCUT2D eigenvalue weighted by molar-refractivity contribution is 6.09. The number of para-hydroxylation sites is 1. The van der Waals surface area contributed by atoms with Crippen LogP contribution in [0.15, 0.2) is 24.3 Å². The summed E-state index contributed by atoms with van der Waals surface area (Å²) in [4.78, 5) is 34.4. The predicted molar refractivity (Wildman–Crippen MR) is 98.9 cm³/mol. The van der Waals surface area contributed by atoms with Gasteiger partial charge in [0.15, 0.2) is 5.78 Å². The Morgan fingerprint density at radius 2 is 1.48 bits per heavy atom. The third-order valence-corrected chi connectivity index (χ3v) is 4.32. The lowest BCUT2D eigenvalue weighted by Gasteiger charge is -2.03. The van der Waals surface area contributed by atoms with E-state index in [9.17, 15) is 19.7 Å². The van der Waals surface area contributed by atoms with Crippen LogP contribution < -0.4 is 0 Å². The average Bonchev–Trinajstić information content (AvgIpc) is 2.60. The zero-order valence-electron chi connectivity index (χ0n) is 15.2. The van der Waals surface area contributed by atoms with Crippen molar-refractivity contribution >= 4 is 17.3 Å². The Labute approximate surface area is 150 Å². The molecule has 0 aliphatic rings. The second kappa shape index (κ2) is 12.3. The molecule has 0 N–H and O–H groups in total. The Balaban J connectivity index is 2.22. The Morgan fingerprint density at radius 3 is 2.08 bits per heavy atom. The molecule has 1 aromatic rings. The van der Waals surface area contributed by atoms with Crippen molar-refractivity contribution in [2.45, 2.75) is 77.6 Å². The van der Waals surface area contributed by atoms with Crippen LogP contribution in [0.5, 0.6) is 0 Å². The number of carbonyl (C=O) groups is 2. The van der Waals surface area contributed by atoms with E-state index in [1.165, 1.54) is 56.7 Å². The zero-order valence-corrected chi connectivity index (χ0v) is 15.2. The van der Waals surface area contributed by atoms with Gasteiger partial charge in [-0.2, -0.15) is 0 Å². The Hall–Kier alpha value is -2.04. The predicted octanol–water partition coefficient (Wildman–Crippen LogP) is 5.66. The molecule has 0 fully saturated rings. The molecule has 0 spiro atoms. The van der Waals surface area contributed by atoms with Gasteiger partial charge in [0.1, 0.15) is 5.78 Å². The van der Waals surface area contributed by atoms with Crippen LogP contribution >= 0.6 is 0 Å². The van der Waals surface area contributed by atoms with Gasteiger partial charge in [-0.3, -0.25) is 19.7 Å². The lowest BCUT2D eigenvalue weighted by molar-refractivity contribution is -0.385. The monoisotopic (exact) mass is 347 g/mol. The van der Waals surface area contributed by atoms with E-state index < -0.39 is 10.7 Å². The average molecular weight is 347 g/mol. The van der Waals surface area contributed by atoms with Gasteiger partial charge in [-0.05, 0) is 12.5 Å². The number of nitrogens with zero attached hydrogens (tertiary/aromatic N) is 1. The maximum absolute atomic E-state index is 12.1. The maximum atomic E-state index is 12.1. The van der Waals surface area contributed by atoms with Gasteiger partial charge >= 0.3 is 0 Å². The molecule has 0 saturated heterocycles. The first kappa shape index (κ1) is 21.0. The van der Waals surface area contributed by atoms with E-state index in [0.29, 0.717) is 6.42 Å². The van der Waals surface area contributed by atoms with Crippen LogP contribution in [0.25, 0.3) is 0 Å². The van der Waals surface area contributed by atoms with Gasteiger partial charge in [0.2, 0.25) is 0 Å². The van der Waals surface area contributed by atoms with Crippen LogP contribution in [-0.4, -0.2) is 16.5 Å². The molecule has 0 bridgehead atoms. The molecule has 0 aromatic heterocycles. The van der Waals surface area contributed by atoms with Crippen LogP contribution in [-0.2, 0) is 4.79 Å². The summed E-state index contributed by atoms with van der Waals surface area (Å²) in [5.74, 6) is -0.598. The number of hydrogen-bond acceptors (Lipinski definition) is 4. The summed E-state index contributed by atoms with van der Waals surface area (Å²) in [6.07, 6.45) is 10.7. The molecule has 5 heteroatoms. The van der Waals surface area contributed by atoms with Gasteiger partial charge in [0.25, 0.3) is 5.69 Å². The number of hydrogen-bond donors (Lipinski definition) is 0. The molecule has 0 heterocycles. The fourth-order valence-electron chi connectivity index (χ4n) is 2.86. The van der Waals surface area contributed by atoms with Crippen LogP contribution in [0.3, 0.4) is 0 Å². The summed E-state index contributed by atoms with van der Waals surface area (Å²) in [5.41, 5.74) is -0.212. The maximum Gasteiger partial charge on any atom is 0.280 e. The van der Waals surface area contributed by atoms with Gasteiger partial charge in [-0.15, -0.1) is 0 Å². The lowest BCUT2D eigenvalue weighted by atomic mass is 10.0. The van der Waals surface area contributed by atoms with Crippen molar-refractivity contribution in [2.75, 3.05) is 0 Å². The molecule has 0 aliphatic heterocycles. The number of carbonyl (C=O) groups excluding carboxylic acids is 2. The molecule has 0 saturated carbocycles. The molecule has 0 aliphatic carbocycles. The van der Waals surface area contributed by atoms with E-state index in [0.717, 1.165) is 19.3 Å². The van der Waals surface area contributed by atoms with E-state index >= 15 is 0 Å². The topological polar surface area (TPSA) is 77.3 Å². The number of rotatable bonds is 14. The van der Waals surface area contributed by atoms with Gasteiger partial charge in [-0.1, -0.05) is 70.4 Å². The smallest absolute Gasteiger partial charge is 0.280 e. The molecular formula is C20H29NO4. The second-order valence-corrected chi connectivity index (χ2v) is 6.49. The van der Waals surface area contributed by atoms with Crippen molar-refractivity contribution in [3.63, 3.8) is 0 Å². The van der Waals surface area contributed by atoms with Gasteiger partial charge in [0, 0.05) is 12.5 Å². The minimum Gasteiger partial charge on any atom is -0.299 e. The summed E-state index contributed by atoms with van der Waals surface area (Å²) in [5, 5.41) is 10.9. The quantitative estimate of drug-likeness (QED) is 0.143. The third-order valence-electron chi connectivity index (χ3n) is 4.32. The van der Waals surface area contributed by atoms with Crippen LogP contribution in [0.2, 0.25) is 0 Å². The van der Waals surface area contributed by atoms with Crippen LogP contribution in [0.1, 0.15) is 87.9 Å². The molecule has 138 valence electrons. The van der Waals surface area contributed by atoms with Gasteiger partial charge in [-0.25, -0.2) is 0 Å². The van der Waals surface area contributed by atoms with Crippen molar-refractivity contribution < 1.29 is 14.5 Å². The summed E-state index contributed by atoms with van der Waals surface area (Å²) < 4.78 is 0. The summed E-state index contributed by atoms with van der Waals surface area (Å²) in [6.45, 7) is 2.21. The van der Waals surface area contributed by atoms with E-state index in [-0.39, 0.29) is 23.5 Å². The molecule has 1 aromatic carbocycles. The standard InChI is InChI=1S/C20H29NO4/c1-2-3-4-5-6-7-8-9-10-13-17(22)16-20(23)18-14-11-12-15-19(18)21(24)25/h11-12,14-15H,2-10,13,16H2,1H3. The molecule has 5 nitrogen and oxygen atoms in total. The van der Waals surface area contributed by atoms with Crippen LogP contribution in [0, 0.1) is 10.1 Å². The van der Waals surface area contributed by atoms with E-state index in [4.69, 9.17) is 0 Å². The SMILES string of the molecule is CCCCCCCCCCCC(=O)CC(=O)c1ccccc1[N+](=O)[O-]. The highest BCUT2D eigenvalue weighted by atomic mass is 16.6. The molecule has 25 heavy (non-hydrogen) atoms. The molecule has 0 atom stereocenters. The third kappa shape index (κ3) is 8.57. The zero-order chi connectivity index (χ0) is 18.5. The highest BCUT2D eigenvalue weighted by Crippen LogP contribution is 2.20. The minimum absolute atomic E-state index is 0.0212. The van der Waals surface area contributed by atoms with Crippen molar-refractivity contribution in [1.82, 2.24) is 0 Å². The van der Waals surface area contributed by atoms with Gasteiger partial charge < -0.3 is 0 Å². The Kier molecular flexibility index (Phi) is 10.4. The summed E-state index contributed by atoms with van der Waals surface area (Å²) >= 11 is 0. The fraction of sp³-hybridized carbons (Fsp3) is 0.600. The minimum atomic E-state index is -0.585. The fourth-order valence-corrected chi connectivity index (χ4v) is 2.86. The Bertz CT molecular complexity index is 569. The molecular weight excluding hydrogens is 318 g/mol. The van der Waals surface area contributed by atoms with Crippen LogP contribution in [0.4, 0.5) is 5.69 Å². The number of ketones is 2. The van der Waals surface area contributed by atoms with Crippen molar-refractivity contribution in [3.05, 3.63) is 39.9 Å². The molecule has 0 unspecified atom stereocenters.